The fraction of sp³-hybridized carbons (Fsp3) is 0.611. The van der Waals surface area contributed by atoms with Crippen LogP contribution in [0.4, 0.5) is 0 Å². The Bertz CT molecular complexity index is 528. The van der Waals surface area contributed by atoms with Crippen molar-refractivity contribution < 1.29 is 14.3 Å². The van der Waals surface area contributed by atoms with Crippen molar-refractivity contribution in [3.63, 3.8) is 0 Å². The summed E-state index contributed by atoms with van der Waals surface area (Å²) in [5.41, 5.74) is 5.96. The number of ether oxygens (including phenoxy) is 2. The zero-order valence-corrected chi connectivity index (χ0v) is 14.9. The van der Waals surface area contributed by atoms with Crippen LogP contribution in [0, 0.1) is 5.92 Å². The van der Waals surface area contributed by atoms with E-state index < -0.39 is 6.04 Å². The highest BCUT2D eigenvalue weighted by molar-refractivity contribution is 5.82. The second kappa shape index (κ2) is 8.89. The number of carbonyl (C=O) groups is 1. The van der Waals surface area contributed by atoms with Crippen molar-refractivity contribution >= 4 is 5.91 Å². The maximum absolute atomic E-state index is 12.3. The first-order valence-electron chi connectivity index (χ1n) is 8.55. The third kappa shape index (κ3) is 5.11. The minimum atomic E-state index is -0.395. The number of nitrogens with zero attached hydrogens (tertiary/aromatic N) is 2. The lowest BCUT2D eigenvalue weighted by molar-refractivity contribution is -0.135. The highest BCUT2D eigenvalue weighted by Crippen LogP contribution is 2.18. The van der Waals surface area contributed by atoms with Crippen LogP contribution < -0.4 is 15.2 Å². The van der Waals surface area contributed by atoms with Crippen LogP contribution >= 0.6 is 0 Å². The second-order valence-electron chi connectivity index (χ2n) is 6.46. The van der Waals surface area contributed by atoms with Gasteiger partial charge in [-0.15, -0.1) is 0 Å². The summed E-state index contributed by atoms with van der Waals surface area (Å²) in [7, 11) is 1.64. The molecule has 1 heterocycles. The molecule has 1 amide bonds. The average molecular weight is 335 g/mol. The first-order chi connectivity index (χ1) is 11.5. The summed E-state index contributed by atoms with van der Waals surface area (Å²) in [4.78, 5) is 16.4. The molecule has 1 aliphatic heterocycles. The highest BCUT2D eigenvalue weighted by Gasteiger charge is 2.26. The van der Waals surface area contributed by atoms with Gasteiger partial charge in [0, 0.05) is 38.8 Å². The van der Waals surface area contributed by atoms with Crippen LogP contribution in [0.25, 0.3) is 0 Å². The molecule has 1 saturated heterocycles. The van der Waals surface area contributed by atoms with E-state index in [4.69, 9.17) is 15.2 Å². The number of benzene rings is 1. The molecule has 0 radical (unpaired) electrons. The van der Waals surface area contributed by atoms with Crippen molar-refractivity contribution in [2.75, 3.05) is 46.4 Å². The molecule has 0 bridgehead atoms. The third-order valence-electron chi connectivity index (χ3n) is 4.40. The Kier molecular flexibility index (Phi) is 6.87. The van der Waals surface area contributed by atoms with Crippen LogP contribution in [0.3, 0.4) is 0 Å². The van der Waals surface area contributed by atoms with Gasteiger partial charge < -0.3 is 20.1 Å². The minimum Gasteiger partial charge on any atom is -0.497 e. The number of methoxy groups -OCH3 is 1. The molecular formula is C18H29N3O3. The van der Waals surface area contributed by atoms with Crippen molar-refractivity contribution in [3.8, 4) is 11.5 Å². The van der Waals surface area contributed by atoms with Crippen LogP contribution in [0.2, 0.25) is 0 Å². The predicted molar refractivity (Wildman–Crippen MR) is 94.3 cm³/mol. The molecule has 0 aliphatic carbocycles. The summed E-state index contributed by atoms with van der Waals surface area (Å²) < 4.78 is 11.0. The van der Waals surface area contributed by atoms with Crippen LogP contribution in [0.1, 0.15) is 13.8 Å². The summed E-state index contributed by atoms with van der Waals surface area (Å²) in [5.74, 6) is 1.84. The zero-order valence-electron chi connectivity index (χ0n) is 14.9. The lowest BCUT2D eigenvalue weighted by Gasteiger charge is -2.36. The van der Waals surface area contributed by atoms with E-state index in [1.54, 1.807) is 7.11 Å². The molecule has 6 heteroatoms. The Morgan fingerprint density at radius 1 is 1.21 bits per heavy atom. The summed E-state index contributed by atoms with van der Waals surface area (Å²) in [5, 5.41) is 0. The Hall–Kier alpha value is -1.79. The van der Waals surface area contributed by atoms with E-state index in [1.807, 2.05) is 43.0 Å². The molecule has 0 spiro atoms. The Morgan fingerprint density at radius 3 is 2.50 bits per heavy atom. The van der Waals surface area contributed by atoms with Gasteiger partial charge in [-0.25, -0.2) is 0 Å². The molecule has 0 saturated carbocycles. The van der Waals surface area contributed by atoms with Gasteiger partial charge in [0.25, 0.3) is 0 Å². The first kappa shape index (κ1) is 18.5. The van der Waals surface area contributed by atoms with Crippen molar-refractivity contribution in [2.45, 2.75) is 19.9 Å². The number of nitrogens with two attached hydrogens (primary N) is 1. The molecule has 1 aromatic rings. The second-order valence-corrected chi connectivity index (χ2v) is 6.46. The van der Waals surface area contributed by atoms with Crippen molar-refractivity contribution in [1.82, 2.24) is 9.80 Å². The van der Waals surface area contributed by atoms with Gasteiger partial charge in [0.05, 0.1) is 13.2 Å². The zero-order chi connectivity index (χ0) is 17.5. The maximum atomic E-state index is 12.3. The van der Waals surface area contributed by atoms with E-state index in [1.165, 1.54) is 0 Å². The number of hydrogen-bond acceptors (Lipinski definition) is 5. The molecular weight excluding hydrogens is 306 g/mol. The third-order valence-corrected chi connectivity index (χ3v) is 4.40. The van der Waals surface area contributed by atoms with Crippen LogP contribution in [0.5, 0.6) is 11.5 Å². The first-order valence-corrected chi connectivity index (χ1v) is 8.55. The van der Waals surface area contributed by atoms with Crippen molar-refractivity contribution in [1.29, 1.82) is 0 Å². The summed E-state index contributed by atoms with van der Waals surface area (Å²) in [6, 6.07) is 7.21. The molecule has 1 aliphatic rings. The molecule has 134 valence electrons. The number of amides is 1. The quantitative estimate of drug-likeness (QED) is 0.811. The lowest BCUT2D eigenvalue weighted by atomic mass is 10.0. The van der Waals surface area contributed by atoms with E-state index in [0.29, 0.717) is 6.61 Å². The maximum Gasteiger partial charge on any atom is 0.239 e. The topological polar surface area (TPSA) is 68.0 Å². The molecule has 6 nitrogen and oxygen atoms in total. The molecule has 0 unspecified atom stereocenters. The van der Waals surface area contributed by atoms with Gasteiger partial charge in [-0.3, -0.25) is 9.69 Å². The predicted octanol–water partition coefficient (Wildman–Crippen LogP) is 1.20. The van der Waals surface area contributed by atoms with E-state index in [9.17, 15) is 4.79 Å². The molecule has 1 fully saturated rings. The molecule has 2 N–H and O–H groups in total. The van der Waals surface area contributed by atoms with Crippen molar-refractivity contribution in [3.05, 3.63) is 24.3 Å². The van der Waals surface area contributed by atoms with Crippen LogP contribution in [-0.2, 0) is 4.79 Å². The summed E-state index contributed by atoms with van der Waals surface area (Å²) in [6.45, 7) is 8.61. The van der Waals surface area contributed by atoms with E-state index in [2.05, 4.69) is 4.90 Å². The number of carbonyl (C=O) groups excluding carboxylic acids is 1. The largest absolute Gasteiger partial charge is 0.497 e. The van der Waals surface area contributed by atoms with E-state index in [0.717, 1.165) is 44.2 Å². The molecule has 2 rings (SSSR count). The normalized spacial score (nSPS) is 17.0. The lowest BCUT2D eigenvalue weighted by Crippen LogP contribution is -2.54. The standard InChI is InChI=1S/C18H29N3O3/c1-14(2)17(19)18(22)21-9-7-20(8-10-21)11-12-24-16-6-4-5-15(13-16)23-3/h4-6,13-14,17H,7-12,19H2,1-3H3/t17-/m0/s1. The van der Waals surface area contributed by atoms with Gasteiger partial charge in [0.15, 0.2) is 0 Å². The minimum absolute atomic E-state index is 0.0669. The van der Waals surface area contributed by atoms with Gasteiger partial charge in [0.1, 0.15) is 18.1 Å². The summed E-state index contributed by atoms with van der Waals surface area (Å²) >= 11 is 0. The smallest absolute Gasteiger partial charge is 0.239 e. The molecule has 0 aromatic heterocycles. The van der Waals surface area contributed by atoms with Gasteiger partial charge in [-0.2, -0.15) is 0 Å². The average Bonchev–Trinajstić information content (AvgIpc) is 2.61. The molecule has 1 aromatic carbocycles. The number of rotatable bonds is 7. The number of piperazine rings is 1. The van der Waals surface area contributed by atoms with Crippen LogP contribution in [0.15, 0.2) is 24.3 Å². The van der Waals surface area contributed by atoms with Gasteiger partial charge in [-0.1, -0.05) is 19.9 Å². The monoisotopic (exact) mass is 335 g/mol. The SMILES string of the molecule is COc1cccc(OCCN2CCN(C(=O)[C@@H](N)C(C)C)CC2)c1. The Morgan fingerprint density at radius 2 is 1.88 bits per heavy atom. The number of hydrogen-bond donors (Lipinski definition) is 1. The van der Waals surface area contributed by atoms with E-state index >= 15 is 0 Å². The highest BCUT2D eigenvalue weighted by atomic mass is 16.5. The van der Waals surface area contributed by atoms with E-state index in [-0.39, 0.29) is 11.8 Å². The van der Waals surface area contributed by atoms with Crippen molar-refractivity contribution in [2.24, 2.45) is 11.7 Å². The van der Waals surface area contributed by atoms with Gasteiger partial charge in [0.2, 0.25) is 5.91 Å². The fourth-order valence-corrected chi connectivity index (χ4v) is 2.67. The van der Waals surface area contributed by atoms with Crippen LogP contribution in [-0.4, -0.2) is 68.2 Å². The Labute approximate surface area is 144 Å². The molecule has 24 heavy (non-hydrogen) atoms. The fourth-order valence-electron chi connectivity index (χ4n) is 2.67. The van der Waals surface area contributed by atoms with Gasteiger partial charge in [-0.05, 0) is 18.1 Å². The molecule has 1 atom stereocenters. The van der Waals surface area contributed by atoms with Gasteiger partial charge >= 0.3 is 0 Å². The Balaban J connectivity index is 1.70. The summed E-state index contributed by atoms with van der Waals surface area (Å²) in [6.07, 6.45) is 0.